The van der Waals surface area contributed by atoms with Gasteiger partial charge in [-0.1, -0.05) is 12.8 Å². The van der Waals surface area contributed by atoms with Gasteiger partial charge >= 0.3 is 0 Å². The number of aryl methyl sites for hydroxylation is 1. The first-order valence-electron chi connectivity index (χ1n) is 6.22. The van der Waals surface area contributed by atoms with Crippen LogP contribution in [0.4, 0.5) is 5.69 Å². The van der Waals surface area contributed by atoms with E-state index < -0.39 is 0 Å². The Labute approximate surface area is 101 Å². The Kier molecular flexibility index (Phi) is 3.47. The summed E-state index contributed by atoms with van der Waals surface area (Å²) < 4.78 is 1.78. The van der Waals surface area contributed by atoms with E-state index in [1.165, 1.54) is 0 Å². The monoisotopic (exact) mass is 236 g/mol. The second-order valence-electron chi connectivity index (χ2n) is 4.88. The molecule has 94 valence electrons. The number of carbonyl (C=O) groups is 1. The zero-order chi connectivity index (χ0) is 12.3. The van der Waals surface area contributed by atoms with E-state index in [-0.39, 0.29) is 11.4 Å². The molecule has 2 rings (SSSR count). The second kappa shape index (κ2) is 4.87. The lowest BCUT2D eigenvalue weighted by atomic mass is 9.94. The summed E-state index contributed by atoms with van der Waals surface area (Å²) >= 11 is 0. The van der Waals surface area contributed by atoms with Crippen LogP contribution < -0.4 is 11.1 Å². The largest absolute Gasteiger partial charge is 0.325 e. The van der Waals surface area contributed by atoms with E-state index in [9.17, 15) is 4.79 Å². The first kappa shape index (κ1) is 12.1. The number of anilines is 1. The number of nitrogens with zero attached hydrogens (tertiary/aromatic N) is 2. The van der Waals surface area contributed by atoms with Gasteiger partial charge in [-0.15, -0.1) is 0 Å². The average Bonchev–Trinajstić information content (AvgIpc) is 2.87. The molecule has 0 aromatic carbocycles. The molecule has 1 aliphatic carbocycles. The third-order valence-electron chi connectivity index (χ3n) is 3.35. The molecule has 1 saturated carbocycles. The molecule has 3 N–H and O–H groups in total. The van der Waals surface area contributed by atoms with Gasteiger partial charge in [0.05, 0.1) is 11.9 Å². The normalized spacial score (nSPS) is 18.2. The Morgan fingerprint density at radius 2 is 2.29 bits per heavy atom. The van der Waals surface area contributed by atoms with Crippen LogP contribution in [0, 0.1) is 0 Å². The van der Waals surface area contributed by atoms with Crippen molar-refractivity contribution >= 4 is 11.6 Å². The molecule has 0 atom stereocenters. The van der Waals surface area contributed by atoms with Gasteiger partial charge in [-0.3, -0.25) is 9.48 Å². The fourth-order valence-electron chi connectivity index (χ4n) is 2.38. The van der Waals surface area contributed by atoms with Crippen LogP contribution in [-0.2, 0) is 11.3 Å². The highest BCUT2D eigenvalue weighted by molar-refractivity contribution is 5.91. The lowest BCUT2D eigenvalue weighted by Crippen LogP contribution is -2.40. The molecule has 0 unspecified atom stereocenters. The van der Waals surface area contributed by atoms with E-state index in [4.69, 9.17) is 5.73 Å². The van der Waals surface area contributed by atoms with Crippen LogP contribution in [0.3, 0.4) is 0 Å². The zero-order valence-corrected chi connectivity index (χ0v) is 10.3. The first-order valence-corrected chi connectivity index (χ1v) is 6.22. The summed E-state index contributed by atoms with van der Waals surface area (Å²) in [6.45, 7) is 2.81. The van der Waals surface area contributed by atoms with Gasteiger partial charge in [-0.25, -0.2) is 0 Å². The molecule has 1 aliphatic rings. The molecule has 0 bridgehead atoms. The molecule has 5 nitrogen and oxygen atoms in total. The van der Waals surface area contributed by atoms with Crippen molar-refractivity contribution in [1.29, 1.82) is 0 Å². The number of nitrogens with one attached hydrogen (secondary N) is 1. The topological polar surface area (TPSA) is 72.9 Å². The van der Waals surface area contributed by atoms with E-state index in [1.54, 1.807) is 10.9 Å². The fraction of sp³-hybridized carbons (Fsp3) is 0.667. The van der Waals surface area contributed by atoms with Crippen molar-refractivity contribution in [2.45, 2.75) is 51.1 Å². The van der Waals surface area contributed by atoms with Crippen molar-refractivity contribution in [3.63, 3.8) is 0 Å². The van der Waals surface area contributed by atoms with Crippen molar-refractivity contribution in [2.24, 2.45) is 5.73 Å². The van der Waals surface area contributed by atoms with Crippen LogP contribution in [0.5, 0.6) is 0 Å². The Morgan fingerprint density at radius 3 is 2.88 bits per heavy atom. The number of hydrogen-bond donors (Lipinski definition) is 2. The summed E-state index contributed by atoms with van der Waals surface area (Å²) in [7, 11) is 0. The van der Waals surface area contributed by atoms with Gasteiger partial charge in [0.25, 0.3) is 0 Å². The summed E-state index contributed by atoms with van der Waals surface area (Å²) in [5, 5.41) is 6.95. The summed E-state index contributed by atoms with van der Waals surface area (Å²) in [5.41, 5.74) is 6.63. The third kappa shape index (κ3) is 3.06. The molecular formula is C12H20N4O. The van der Waals surface area contributed by atoms with E-state index in [2.05, 4.69) is 10.4 Å². The van der Waals surface area contributed by atoms with E-state index >= 15 is 0 Å². The maximum Gasteiger partial charge on any atom is 0.226 e. The minimum Gasteiger partial charge on any atom is -0.325 e. The molecule has 17 heavy (non-hydrogen) atoms. The highest BCUT2D eigenvalue weighted by Crippen LogP contribution is 2.30. The van der Waals surface area contributed by atoms with Gasteiger partial charge < -0.3 is 11.1 Å². The molecule has 0 aliphatic heterocycles. The van der Waals surface area contributed by atoms with Crippen LogP contribution in [0.1, 0.15) is 39.0 Å². The third-order valence-corrected chi connectivity index (χ3v) is 3.35. The predicted molar refractivity (Wildman–Crippen MR) is 66.5 cm³/mol. The van der Waals surface area contributed by atoms with Gasteiger partial charge in [0, 0.05) is 24.7 Å². The zero-order valence-electron chi connectivity index (χ0n) is 10.3. The van der Waals surface area contributed by atoms with Gasteiger partial charge in [-0.2, -0.15) is 5.10 Å². The van der Waals surface area contributed by atoms with Gasteiger partial charge in [-0.05, 0) is 19.8 Å². The Balaban J connectivity index is 1.88. The molecular weight excluding hydrogens is 216 g/mol. The summed E-state index contributed by atoms with van der Waals surface area (Å²) in [6, 6.07) is 0. The smallest absolute Gasteiger partial charge is 0.226 e. The standard InChI is InChI=1S/C12H20N4O/c1-2-16-9-10(8-14-16)15-11(17)7-12(13)5-3-4-6-12/h8-9H,2-7,13H2,1H3,(H,15,17). The average molecular weight is 236 g/mol. The Morgan fingerprint density at radius 1 is 1.59 bits per heavy atom. The number of amides is 1. The number of carbonyl (C=O) groups excluding carboxylic acids is 1. The first-order chi connectivity index (χ1) is 8.11. The highest BCUT2D eigenvalue weighted by Gasteiger charge is 2.31. The minimum absolute atomic E-state index is 0.00921. The summed E-state index contributed by atoms with van der Waals surface area (Å²) in [5.74, 6) is -0.00921. The quantitative estimate of drug-likeness (QED) is 0.832. The van der Waals surface area contributed by atoms with Crippen molar-refractivity contribution in [3.05, 3.63) is 12.4 Å². The summed E-state index contributed by atoms with van der Waals surface area (Å²) in [6.07, 6.45) is 8.08. The maximum absolute atomic E-state index is 11.8. The Hall–Kier alpha value is -1.36. The van der Waals surface area contributed by atoms with Crippen molar-refractivity contribution in [1.82, 2.24) is 9.78 Å². The molecule has 1 amide bonds. The molecule has 1 aromatic heterocycles. The number of hydrogen-bond acceptors (Lipinski definition) is 3. The number of rotatable bonds is 4. The molecule has 1 heterocycles. The minimum atomic E-state index is -0.287. The van der Waals surface area contributed by atoms with Gasteiger partial charge in [0.1, 0.15) is 0 Å². The predicted octanol–water partition coefficient (Wildman–Crippen LogP) is 1.50. The molecule has 0 spiro atoms. The fourth-order valence-corrected chi connectivity index (χ4v) is 2.38. The SMILES string of the molecule is CCn1cc(NC(=O)CC2(N)CCCC2)cn1. The number of nitrogens with two attached hydrogens (primary N) is 1. The van der Waals surface area contributed by atoms with Gasteiger partial charge in [0.15, 0.2) is 0 Å². The van der Waals surface area contributed by atoms with Crippen LogP contribution in [0.25, 0.3) is 0 Å². The lowest BCUT2D eigenvalue weighted by Gasteiger charge is -2.22. The lowest BCUT2D eigenvalue weighted by molar-refractivity contribution is -0.117. The maximum atomic E-state index is 11.8. The van der Waals surface area contributed by atoms with Crippen LogP contribution >= 0.6 is 0 Å². The number of aromatic nitrogens is 2. The highest BCUT2D eigenvalue weighted by atomic mass is 16.1. The van der Waals surface area contributed by atoms with Crippen molar-refractivity contribution in [2.75, 3.05) is 5.32 Å². The molecule has 0 saturated heterocycles. The van der Waals surface area contributed by atoms with Crippen LogP contribution in [-0.4, -0.2) is 21.2 Å². The van der Waals surface area contributed by atoms with Crippen LogP contribution in [0.15, 0.2) is 12.4 Å². The van der Waals surface area contributed by atoms with Crippen molar-refractivity contribution in [3.8, 4) is 0 Å². The Bertz CT molecular complexity index is 393. The van der Waals surface area contributed by atoms with Crippen molar-refractivity contribution < 1.29 is 4.79 Å². The second-order valence-corrected chi connectivity index (χ2v) is 4.88. The van der Waals surface area contributed by atoms with Gasteiger partial charge in [0.2, 0.25) is 5.91 Å². The van der Waals surface area contributed by atoms with Crippen LogP contribution in [0.2, 0.25) is 0 Å². The molecule has 5 heteroatoms. The van der Waals surface area contributed by atoms with E-state index in [0.29, 0.717) is 6.42 Å². The molecule has 1 fully saturated rings. The van der Waals surface area contributed by atoms with E-state index in [1.807, 2.05) is 13.1 Å². The van der Waals surface area contributed by atoms with E-state index in [0.717, 1.165) is 37.9 Å². The molecule has 0 radical (unpaired) electrons. The molecule has 1 aromatic rings. The summed E-state index contributed by atoms with van der Waals surface area (Å²) in [4.78, 5) is 11.8.